The molecule has 1 aromatic carbocycles. The molecule has 2 fully saturated rings. The van der Waals surface area contributed by atoms with Crippen LogP contribution < -0.4 is 5.32 Å². The minimum atomic E-state index is -3.24. The average Bonchev–Trinajstić information content (AvgIpc) is 3.72. The number of aliphatic carboxylic acids is 1. The topological polar surface area (TPSA) is 137 Å². The number of rotatable bonds is 11. The van der Waals surface area contributed by atoms with E-state index >= 15 is 8.78 Å². The number of esters is 1. The SMILES string of the molecule is CCOC(=O)C1=C(CN2CC(F)(F)[C@H]3[C@@H]2CON3CCC(O)C(C)(C)C(=O)O)NC(c2nccs2)=N[C@H]1c1cccc(F)c1C. The van der Waals surface area contributed by atoms with Gasteiger partial charge in [-0.05, 0) is 51.3 Å². The molecule has 0 bridgehead atoms. The molecule has 11 nitrogen and oxygen atoms in total. The van der Waals surface area contributed by atoms with E-state index in [1.807, 2.05) is 0 Å². The second-order valence-electron chi connectivity index (χ2n) is 11.9. The Balaban J connectivity index is 1.47. The van der Waals surface area contributed by atoms with Gasteiger partial charge in [0.25, 0.3) is 5.92 Å². The first-order valence-corrected chi connectivity index (χ1v) is 15.5. The number of aliphatic hydroxyl groups is 1. The average molecular weight is 652 g/mol. The molecule has 0 amide bonds. The first kappa shape index (κ1) is 33.0. The highest BCUT2D eigenvalue weighted by Gasteiger charge is 2.61. The number of ether oxygens (including phenoxy) is 1. The zero-order chi connectivity index (χ0) is 32.7. The lowest BCUT2D eigenvalue weighted by Gasteiger charge is -2.31. The fraction of sp³-hybridized carbons (Fsp3) is 0.533. The highest BCUT2D eigenvalue weighted by Crippen LogP contribution is 2.42. The molecular formula is C30H36F3N5O6S. The monoisotopic (exact) mass is 651 g/mol. The molecule has 45 heavy (non-hydrogen) atoms. The Morgan fingerprint density at radius 3 is 2.76 bits per heavy atom. The lowest BCUT2D eigenvalue weighted by atomic mass is 9.85. The number of carboxylic acid groups (broad SMARTS) is 1. The van der Waals surface area contributed by atoms with Gasteiger partial charge in [0.2, 0.25) is 0 Å². The van der Waals surface area contributed by atoms with E-state index in [1.54, 1.807) is 31.5 Å². The lowest BCUT2D eigenvalue weighted by molar-refractivity contribution is -0.187. The van der Waals surface area contributed by atoms with Crippen molar-refractivity contribution >= 4 is 29.1 Å². The van der Waals surface area contributed by atoms with Crippen molar-refractivity contribution in [3.63, 3.8) is 0 Å². The zero-order valence-corrected chi connectivity index (χ0v) is 26.1. The minimum Gasteiger partial charge on any atom is -0.481 e. The molecule has 0 aliphatic carbocycles. The van der Waals surface area contributed by atoms with Crippen LogP contribution in [0, 0.1) is 18.2 Å². The molecule has 1 unspecified atom stereocenters. The number of aliphatic imine (C=N–C) groups is 1. The number of nitrogens with zero attached hydrogens (tertiary/aromatic N) is 4. The number of thiazole rings is 1. The summed E-state index contributed by atoms with van der Waals surface area (Å²) < 4.78 is 51.4. The number of carbonyl (C=O) groups excluding carboxylic acids is 1. The number of aliphatic hydroxyl groups excluding tert-OH is 1. The summed E-state index contributed by atoms with van der Waals surface area (Å²) in [5, 5.41) is 26.4. The number of alkyl halides is 2. The Morgan fingerprint density at radius 1 is 1.33 bits per heavy atom. The number of hydrogen-bond donors (Lipinski definition) is 3. The van der Waals surface area contributed by atoms with Crippen LogP contribution in [0.1, 0.15) is 49.4 Å². The van der Waals surface area contributed by atoms with Gasteiger partial charge >= 0.3 is 11.9 Å². The van der Waals surface area contributed by atoms with Gasteiger partial charge in [0.1, 0.15) is 17.9 Å². The van der Waals surface area contributed by atoms with Gasteiger partial charge in [-0.15, -0.1) is 11.3 Å². The number of fused-ring (bicyclic) bond motifs is 1. The van der Waals surface area contributed by atoms with Gasteiger partial charge < -0.3 is 20.3 Å². The number of hydrogen-bond acceptors (Lipinski definition) is 11. The molecule has 2 aromatic rings. The number of carbonyl (C=O) groups is 2. The number of aromatic nitrogens is 1. The first-order chi connectivity index (χ1) is 21.3. The fourth-order valence-electron chi connectivity index (χ4n) is 5.91. The van der Waals surface area contributed by atoms with Crippen molar-refractivity contribution in [1.82, 2.24) is 20.3 Å². The summed E-state index contributed by atoms with van der Waals surface area (Å²) in [5.41, 5.74) is -0.412. The standard InChI is InChI=1S/C30H36F3N5O6S/c1-5-43-27(40)22-19(35-25(26-34-10-12-45-26)36-23(22)17-7-6-8-18(31)16(17)2)13-37-15-30(32,33)24-20(37)14-44-38(24)11-9-21(39)29(3,4)28(41)42/h6-8,10,12,20-21,23-24,39H,5,9,11,13-15H2,1-4H3,(H,35,36)(H,41,42)/t20-,21?,23-,24+/m0/s1. The van der Waals surface area contributed by atoms with Crippen molar-refractivity contribution in [1.29, 1.82) is 0 Å². The molecule has 3 aliphatic rings. The first-order valence-electron chi connectivity index (χ1n) is 14.6. The van der Waals surface area contributed by atoms with Crippen LogP contribution >= 0.6 is 11.3 Å². The molecule has 5 rings (SSSR count). The minimum absolute atomic E-state index is 0.0489. The van der Waals surface area contributed by atoms with Gasteiger partial charge in [-0.3, -0.25) is 19.5 Å². The Kier molecular flexibility index (Phi) is 9.38. The van der Waals surface area contributed by atoms with Crippen molar-refractivity contribution in [3.8, 4) is 0 Å². The van der Waals surface area contributed by atoms with Crippen molar-refractivity contribution < 1.29 is 42.5 Å². The van der Waals surface area contributed by atoms with Gasteiger partial charge in [-0.2, -0.15) is 5.06 Å². The number of carboxylic acids is 1. The van der Waals surface area contributed by atoms with Crippen molar-refractivity contribution in [2.75, 3.05) is 32.8 Å². The number of amidine groups is 1. The largest absolute Gasteiger partial charge is 0.481 e. The van der Waals surface area contributed by atoms with Crippen LogP contribution in [0.4, 0.5) is 13.2 Å². The van der Waals surface area contributed by atoms with E-state index in [1.165, 1.54) is 42.2 Å². The molecule has 0 spiro atoms. The maximum absolute atomic E-state index is 15.6. The van der Waals surface area contributed by atoms with E-state index in [-0.39, 0.29) is 49.6 Å². The third-order valence-corrected chi connectivity index (χ3v) is 9.41. The molecule has 0 saturated carbocycles. The molecule has 244 valence electrons. The number of benzene rings is 1. The molecule has 4 atom stereocenters. The highest BCUT2D eigenvalue weighted by molar-refractivity contribution is 7.11. The molecule has 3 aliphatic heterocycles. The Labute approximate surface area is 262 Å². The number of nitrogens with one attached hydrogen (secondary N) is 1. The van der Waals surface area contributed by atoms with Gasteiger partial charge in [0.05, 0.1) is 42.9 Å². The van der Waals surface area contributed by atoms with Gasteiger partial charge in [-0.1, -0.05) is 12.1 Å². The van der Waals surface area contributed by atoms with Crippen LogP contribution in [-0.2, 0) is 19.2 Å². The molecule has 1 aromatic heterocycles. The second kappa shape index (κ2) is 12.8. The quantitative estimate of drug-likeness (QED) is 0.311. The number of hydroxylamine groups is 2. The van der Waals surface area contributed by atoms with Crippen molar-refractivity contribution in [2.24, 2.45) is 10.4 Å². The van der Waals surface area contributed by atoms with E-state index in [0.29, 0.717) is 16.4 Å². The third kappa shape index (κ3) is 6.36. The van der Waals surface area contributed by atoms with Crippen LogP contribution in [0.2, 0.25) is 0 Å². The van der Waals surface area contributed by atoms with Crippen LogP contribution in [0.15, 0.2) is 46.0 Å². The van der Waals surface area contributed by atoms with E-state index in [2.05, 4.69) is 10.3 Å². The predicted octanol–water partition coefficient (Wildman–Crippen LogP) is 3.30. The number of likely N-dealkylation sites (tertiary alicyclic amines) is 1. The Morgan fingerprint density at radius 2 is 2.09 bits per heavy atom. The van der Waals surface area contributed by atoms with Crippen LogP contribution in [0.5, 0.6) is 0 Å². The number of halogens is 3. The summed E-state index contributed by atoms with van der Waals surface area (Å²) >= 11 is 1.29. The highest BCUT2D eigenvalue weighted by atomic mass is 32.1. The second-order valence-corrected chi connectivity index (χ2v) is 12.7. The van der Waals surface area contributed by atoms with E-state index in [9.17, 15) is 24.2 Å². The van der Waals surface area contributed by atoms with Crippen LogP contribution in [0.3, 0.4) is 0 Å². The molecule has 0 radical (unpaired) electrons. The summed E-state index contributed by atoms with van der Waals surface area (Å²) in [6.07, 6.45) is 0.196. The molecular weight excluding hydrogens is 615 g/mol. The summed E-state index contributed by atoms with van der Waals surface area (Å²) in [6.45, 7) is 5.03. The lowest BCUT2D eigenvalue weighted by Crippen LogP contribution is -2.47. The van der Waals surface area contributed by atoms with Crippen molar-refractivity contribution in [2.45, 2.75) is 64.3 Å². The van der Waals surface area contributed by atoms with E-state index < -0.39 is 59.9 Å². The molecule has 2 saturated heterocycles. The van der Waals surface area contributed by atoms with E-state index in [4.69, 9.17) is 14.6 Å². The molecule has 15 heteroatoms. The summed E-state index contributed by atoms with van der Waals surface area (Å²) in [4.78, 5) is 41.3. The van der Waals surface area contributed by atoms with Gasteiger partial charge in [0.15, 0.2) is 10.8 Å². The maximum Gasteiger partial charge on any atom is 0.338 e. The molecule has 3 N–H and O–H groups in total. The summed E-state index contributed by atoms with van der Waals surface area (Å²) in [7, 11) is 0. The smallest absolute Gasteiger partial charge is 0.338 e. The third-order valence-electron chi connectivity index (χ3n) is 8.63. The summed E-state index contributed by atoms with van der Waals surface area (Å²) in [6, 6.07) is 1.33. The van der Waals surface area contributed by atoms with Gasteiger partial charge in [-0.25, -0.2) is 22.9 Å². The molecule has 4 heterocycles. The Hall–Kier alpha value is -3.37. The van der Waals surface area contributed by atoms with Crippen molar-refractivity contribution in [3.05, 3.63) is 63.0 Å². The Bertz CT molecular complexity index is 1500. The predicted molar refractivity (Wildman–Crippen MR) is 158 cm³/mol. The van der Waals surface area contributed by atoms with Gasteiger partial charge in [0, 0.05) is 30.4 Å². The normalized spacial score (nSPS) is 24.3. The maximum atomic E-state index is 15.6. The summed E-state index contributed by atoms with van der Waals surface area (Å²) in [5.74, 6) is -5.33. The van der Waals surface area contributed by atoms with Crippen LogP contribution in [-0.4, -0.2) is 99.9 Å². The van der Waals surface area contributed by atoms with Crippen LogP contribution in [0.25, 0.3) is 0 Å². The van der Waals surface area contributed by atoms with E-state index in [0.717, 1.165) is 5.06 Å². The zero-order valence-electron chi connectivity index (χ0n) is 25.3. The fourth-order valence-corrected chi connectivity index (χ4v) is 6.50.